The van der Waals surface area contributed by atoms with Crippen molar-refractivity contribution in [2.45, 2.75) is 25.8 Å². The van der Waals surface area contributed by atoms with Gasteiger partial charge < -0.3 is 0 Å². The second-order valence-corrected chi connectivity index (χ2v) is 6.98. The average Bonchev–Trinajstić information content (AvgIpc) is 3.24. The van der Waals surface area contributed by atoms with E-state index in [9.17, 15) is 8.78 Å². The predicted octanol–water partition coefficient (Wildman–Crippen LogP) is 5.25. The monoisotopic (exact) mass is 365 g/mol. The first-order valence-electron chi connectivity index (χ1n) is 9.22. The number of rotatable bonds is 4. The minimum atomic E-state index is -0.490. The van der Waals surface area contributed by atoms with Crippen molar-refractivity contribution in [2.75, 3.05) is 13.1 Å². The second kappa shape index (κ2) is 7.53. The van der Waals surface area contributed by atoms with Gasteiger partial charge in [0.05, 0.1) is 0 Å². The summed E-state index contributed by atoms with van der Waals surface area (Å²) in [7, 11) is 0. The van der Waals surface area contributed by atoms with E-state index in [1.807, 2.05) is 24.3 Å². The lowest BCUT2D eigenvalue weighted by Gasteiger charge is -2.24. The Bertz CT molecular complexity index is 920. The van der Waals surface area contributed by atoms with Gasteiger partial charge in [-0.25, -0.2) is 18.7 Å². The Kier molecular flexibility index (Phi) is 4.94. The summed E-state index contributed by atoms with van der Waals surface area (Å²) in [6.45, 7) is 4.43. The maximum atomic E-state index is 14.7. The van der Waals surface area contributed by atoms with Crippen LogP contribution >= 0.6 is 0 Å². The third kappa shape index (κ3) is 3.60. The molecule has 1 aliphatic heterocycles. The van der Waals surface area contributed by atoms with Crippen molar-refractivity contribution in [3.05, 3.63) is 72.3 Å². The highest BCUT2D eigenvalue weighted by Gasteiger charge is 2.19. The largest absolute Gasteiger partial charge is 0.297 e. The van der Waals surface area contributed by atoms with Crippen LogP contribution in [-0.2, 0) is 0 Å². The van der Waals surface area contributed by atoms with Crippen LogP contribution in [-0.4, -0.2) is 28.0 Å². The zero-order valence-corrected chi connectivity index (χ0v) is 15.2. The molecule has 1 atom stereocenters. The quantitative estimate of drug-likeness (QED) is 0.633. The number of aromatic nitrogens is 2. The van der Waals surface area contributed by atoms with Crippen molar-refractivity contribution in [2.24, 2.45) is 0 Å². The number of nitrogens with zero attached hydrogens (tertiary/aromatic N) is 3. The fourth-order valence-corrected chi connectivity index (χ4v) is 3.71. The molecule has 1 aromatic heterocycles. The summed E-state index contributed by atoms with van der Waals surface area (Å²) >= 11 is 0. The maximum Gasteiger partial charge on any atom is 0.131 e. The lowest BCUT2D eigenvalue weighted by molar-refractivity contribution is 0.263. The predicted molar refractivity (Wildman–Crippen MR) is 102 cm³/mol. The zero-order chi connectivity index (χ0) is 18.8. The second-order valence-electron chi connectivity index (χ2n) is 6.98. The Hall–Kier alpha value is -2.66. The van der Waals surface area contributed by atoms with Crippen molar-refractivity contribution in [3.8, 4) is 22.3 Å². The molecule has 0 bridgehead atoms. The molecule has 0 amide bonds. The first kappa shape index (κ1) is 17.7. The van der Waals surface area contributed by atoms with Crippen molar-refractivity contribution in [3.63, 3.8) is 0 Å². The van der Waals surface area contributed by atoms with Crippen molar-refractivity contribution >= 4 is 0 Å². The van der Waals surface area contributed by atoms with Crippen LogP contribution in [0.3, 0.4) is 0 Å². The summed E-state index contributed by atoms with van der Waals surface area (Å²) < 4.78 is 29.3. The molecule has 5 heteroatoms. The summed E-state index contributed by atoms with van der Waals surface area (Å²) in [5.74, 6) is -0.952. The Morgan fingerprint density at radius 3 is 2.00 bits per heavy atom. The van der Waals surface area contributed by atoms with E-state index in [0.29, 0.717) is 17.2 Å². The third-order valence-corrected chi connectivity index (χ3v) is 5.32. The van der Waals surface area contributed by atoms with Gasteiger partial charge in [-0.1, -0.05) is 24.3 Å². The fourth-order valence-electron chi connectivity index (χ4n) is 3.71. The van der Waals surface area contributed by atoms with Gasteiger partial charge in [-0.15, -0.1) is 0 Å². The standard InChI is InChI=1S/C22H21F2N3/c1-15(27-8-2-3-9-27)16-4-6-17(7-5-16)19-10-22(24)20(11-21(19)23)18-12-25-14-26-13-18/h4-7,10-15H,2-3,8-9H2,1H3. The van der Waals surface area contributed by atoms with Gasteiger partial charge in [0.15, 0.2) is 0 Å². The Balaban J connectivity index is 1.62. The van der Waals surface area contributed by atoms with Crippen molar-refractivity contribution in [1.29, 1.82) is 0 Å². The molecule has 27 heavy (non-hydrogen) atoms. The fraction of sp³-hybridized carbons (Fsp3) is 0.273. The molecule has 2 heterocycles. The van der Waals surface area contributed by atoms with Crippen LogP contribution in [0, 0.1) is 11.6 Å². The van der Waals surface area contributed by atoms with E-state index in [1.165, 1.54) is 49.3 Å². The number of halogens is 2. The van der Waals surface area contributed by atoms with E-state index in [0.717, 1.165) is 13.1 Å². The molecular weight excluding hydrogens is 344 g/mol. The average molecular weight is 365 g/mol. The highest BCUT2D eigenvalue weighted by atomic mass is 19.1. The molecule has 4 rings (SSSR count). The van der Waals surface area contributed by atoms with Crippen LogP contribution in [0.4, 0.5) is 8.78 Å². The lowest BCUT2D eigenvalue weighted by Crippen LogP contribution is -2.23. The van der Waals surface area contributed by atoms with Crippen molar-refractivity contribution in [1.82, 2.24) is 14.9 Å². The first-order valence-corrected chi connectivity index (χ1v) is 9.22. The number of likely N-dealkylation sites (tertiary alicyclic amines) is 1. The van der Waals surface area contributed by atoms with Crippen LogP contribution in [0.15, 0.2) is 55.1 Å². The van der Waals surface area contributed by atoms with Crippen LogP contribution < -0.4 is 0 Å². The zero-order valence-electron chi connectivity index (χ0n) is 15.2. The van der Waals surface area contributed by atoms with Gasteiger partial charge in [0.25, 0.3) is 0 Å². The summed E-state index contributed by atoms with van der Waals surface area (Å²) in [5, 5.41) is 0. The van der Waals surface area contributed by atoms with Gasteiger partial charge in [0, 0.05) is 35.1 Å². The Morgan fingerprint density at radius 1 is 0.852 bits per heavy atom. The first-order chi connectivity index (χ1) is 13.1. The molecule has 0 radical (unpaired) electrons. The van der Waals surface area contributed by atoms with E-state index in [-0.39, 0.29) is 11.1 Å². The molecule has 2 aromatic carbocycles. The summed E-state index contributed by atoms with van der Waals surface area (Å²) in [4.78, 5) is 10.2. The molecule has 1 fully saturated rings. The van der Waals surface area contributed by atoms with Crippen LogP contribution in [0.1, 0.15) is 31.4 Å². The van der Waals surface area contributed by atoms with Gasteiger partial charge in [0.1, 0.15) is 18.0 Å². The highest BCUT2D eigenvalue weighted by Crippen LogP contribution is 2.32. The smallest absolute Gasteiger partial charge is 0.131 e. The number of hydrogen-bond acceptors (Lipinski definition) is 3. The molecule has 0 spiro atoms. The molecule has 1 aliphatic rings. The summed E-state index contributed by atoms with van der Waals surface area (Å²) in [5.41, 5.74) is 2.74. The lowest BCUT2D eigenvalue weighted by atomic mass is 9.98. The topological polar surface area (TPSA) is 29.0 Å². The third-order valence-electron chi connectivity index (χ3n) is 5.32. The van der Waals surface area contributed by atoms with Gasteiger partial charge in [-0.05, 0) is 56.1 Å². The van der Waals surface area contributed by atoms with Crippen LogP contribution in [0.25, 0.3) is 22.3 Å². The molecule has 1 unspecified atom stereocenters. The Morgan fingerprint density at radius 2 is 1.41 bits per heavy atom. The van der Waals surface area contributed by atoms with Gasteiger partial charge in [0.2, 0.25) is 0 Å². The Labute approximate surface area is 157 Å². The SMILES string of the molecule is CC(c1ccc(-c2cc(F)c(-c3cncnc3)cc2F)cc1)N1CCCC1. The maximum absolute atomic E-state index is 14.7. The molecule has 3 nitrogen and oxygen atoms in total. The van der Waals surface area contributed by atoms with Gasteiger partial charge in [-0.3, -0.25) is 4.90 Å². The van der Waals surface area contributed by atoms with E-state index in [4.69, 9.17) is 0 Å². The van der Waals surface area contributed by atoms with Crippen LogP contribution in [0.2, 0.25) is 0 Å². The van der Waals surface area contributed by atoms with Crippen molar-refractivity contribution < 1.29 is 8.78 Å². The van der Waals surface area contributed by atoms with E-state index >= 15 is 0 Å². The van der Waals surface area contributed by atoms with Gasteiger partial charge in [-0.2, -0.15) is 0 Å². The summed E-state index contributed by atoms with van der Waals surface area (Å²) in [6, 6.07) is 10.5. The van der Waals surface area contributed by atoms with Crippen LogP contribution in [0.5, 0.6) is 0 Å². The molecule has 0 N–H and O–H groups in total. The highest BCUT2D eigenvalue weighted by molar-refractivity contribution is 5.71. The summed E-state index contributed by atoms with van der Waals surface area (Å²) in [6.07, 6.45) is 6.78. The van der Waals surface area contributed by atoms with Gasteiger partial charge >= 0.3 is 0 Å². The van der Waals surface area contributed by atoms with E-state index in [1.54, 1.807) is 0 Å². The molecule has 1 saturated heterocycles. The molecular formula is C22H21F2N3. The van der Waals surface area contributed by atoms with E-state index in [2.05, 4.69) is 21.8 Å². The molecule has 0 aliphatic carbocycles. The molecule has 3 aromatic rings. The number of benzene rings is 2. The minimum Gasteiger partial charge on any atom is -0.297 e. The number of hydrogen-bond donors (Lipinski definition) is 0. The van der Waals surface area contributed by atoms with E-state index < -0.39 is 11.6 Å². The molecule has 138 valence electrons. The molecule has 0 saturated carbocycles. The normalized spacial score (nSPS) is 15.8. The minimum absolute atomic E-state index is 0.163.